The number of rotatable bonds is 2. The molecule has 0 aromatic heterocycles. The molecule has 3 heteroatoms. The maximum absolute atomic E-state index is 5.28. The van der Waals surface area contributed by atoms with Crippen LogP contribution in [0.1, 0.15) is 6.92 Å². The van der Waals surface area contributed by atoms with E-state index in [2.05, 4.69) is 22.9 Å². The van der Waals surface area contributed by atoms with Crippen molar-refractivity contribution in [3.63, 3.8) is 0 Å². The second-order valence-electron chi connectivity index (χ2n) is 1.94. The van der Waals surface area contributed by atoms with Gasteiger partial charge in [-0.1, -0.05) is 0 Å². The highest BCUT2D eigenvalue weighted by atomic mass is 29.2. The molecule has 0 spiro atoms. The van der Waals surface area contributed by atoms with Gasteiger partial charge in [-0.15, -0.1) is 0 Å². The molecule has 0 fully saturated rings. The van der Waals surface area contributed by atoms with Crippen LogP contribution in [-0.2, 0) is 4.43 Å². The van der Waals surface area contributed by atoms with Crippen LogP contribution in [-0.4, -0.2) is 24.2 Å². The summed E-state index contributed by atoms with van der Waals surface area (Å²) in [5.41, 5.74) is 0. The second-order valence-corrected chi connectivity index (χ2v) is 8.86. The highest BCUT2D eigenvalue weighted by Gasteiger charge is 2.11. The van der Waals surface area contributed by atoms with Crippen molar-refractivity contribution in [1.82, 2.24) is 0 Å². The van der Waals surface area contributed by atoms with Gasteiger partial charge in [-0.3, -0.25) is 0 Å². The molecule has 0 N–H and O–H groups in total. The Bertz CT molecular complexity index is 48.1. The molecule has 41 valence electrons. The van der Waals surface area contributed by atoms with Crippen molar-refractivity contribution >= 4 is 17.6 Å². The van der Waals surface area contributed by atoms with Crippen molar-refractivity contribution in [2.75, 3.05) is 6.61 Å². The van der Waals surface area contributed by atoms with Crippen molar-refractivity contribution in [2.45, 2.75) is 20.0 Å². The SMILES string of the molecule is CCO[Si](C)(C)[Si]. The van der Waals surface area contributed by atoms with Crippen LogP contribution in [0.4, 0.5) is 0 Å². The summed E-state index contributed by atoms with van der Waals surface area (Å²) in [6.07, 6.45) is 0. The van der Waals surface area contributed by atoms with Crippen LogP contribution in [0.15, 0.2) is 0 Å². The fourth-order valence-corrected chi connectivity index (χ4v) is 1.52. The first-order valence-electron chi connectivity index (χ1n) is 2.45. The summed E-state index contributed by atoms with van der Waals surface area (Å²) >= 11 is 0. The monoisotopic (exact) mass is 131 g/mol. The van der Waals surface area contributed by atoms with Gasteiger partial charge >= 0.3 is 0 Å². The molecule has 3 radical (unpaired) electrons. The van der Waals surface area contributed by atoms with E-state index in [4.69, 9.17) is 4.43 Å². The van der Waals surface area contributed by atoms with Gasteiger partial charge in [-0.2, -0.15) is 0 Å². The van der Waals surface area contributed by atoms with Gasteiger partial charge in [0.15, 0.2) is 7.83 Å². The summed E-state index contributed by atoms with van der Waals surface area (Å²) in [4.78, 5) is 0. The minimum Gasteiger partial charge on any atom is -0.421 e. The molecule has 0 bridgehead atoms. The fraction of sp³-hybridized carbons (Fsp3) is 1.00. The predicted octanol–water partition coefficient (Wildman–Crippen LogP) is 0.893. The van der Waals surface area contributed by atoms with E-state index in [-0.39, 0.29) is 0 Å². The van der Waals surface area contributed by atoms with Crippen LogP contribution >= 0.6 is 0 Å². The van der Waals surface area contributed by atoms with E-state index >= 15 is 0 Å². The van der Waals surface area contributed by atoms with E-state index in [0.29, 0.717) is 0 Å². The standard InChI is InChI=1S/C4H11OSi2/c1-4-5-7(2,3)6/h4H2,1-3H3. The third-order valence-electron chi connectivity index (χ3n) is 0.505. The zero-order chi connectivity index (χ0) is 5.91. The van der Waals surface area contributed by atoms with Crippen LogP contribution in [0.5, 0.6) is 0 Å². The third-order valence-corrected chi connectivity index (χ3v) is 1.95. The van der Waals surface area contributed by atoms with Gasteiger partial charge in [0.2, 0.25) is 0 Å². The van der Waals surface area contributed by atoms with Crippen LogP contribution < -0.4 is 0 Å². The Labute approximate surface area is 49.4 Å². The number of hydrogen-bond donors (Lipinski definition) is 0. The van der Waals surface area contributed by atoms with E-state index < -0.39 is 7.83 Å². The van der Waals surface area contributed by atoms with Crippen molar-refractivity contribution in [3.8, 4) is 0 Å². The Morgan fingerprint density at radius 3 is 2.00 bits per heavy atom. The summed E-state index contributed by atoms with van der Waals surface area (Å²) in [6, 6.07) is 0. The highest BCUT2D eigenvalue weighted by Crippen LogP contribution is 1.94. The lowest BCUT2D eigenvalue weighted by Gasteiger charge is -2.14. The summed E-state index contributed by atoms with van der Waals surface area (Å²) in [5.74, 6) is 0. The normalized spacial score (nSPS) is 12.0. The Balaban J connectivity index is 3.15. The molecule has 0 unspecified atom stereocenters. The lowest BCUT2D eigenvalue weighted by atomic mass is 10.9. The number of hydrogen-bond acceptors (Lipinski definition) is 1. The molecule has 0 aliphatic heterocycles. The minimum absolute atomic E-state index is 0.822. The van der Waals surface area contributed by atoms with Gasteiger partial charge in [-0.05, 0) is 20.0 Å². The molecule has 0 saturated carbocycles. The molecule has 0 saturated heterocycles. The van der Waals surface area contributed by atoms with E-state index in [1.165, 1.54) is 0 Å². The van der Waals surface area contributed by atoms with Gasteiger partial charge in [0.25, 0.3) is 0 Å². The van der Waals surface area contributed by atoms with E-state index in [9.17, 15) is 0 Å². The summed E-state index contributed by atoms with van der Waals surface area (Å²) in [7, 11) is 2.15. The smallest absolute Gasteiger partial charge is 0.164 e. The van der Waals surface area contributed by atoms with Crippen molar-refractivity contribution in [3.05, 3.63) is 0 Å². The largest absolute Gasteiger partial charge is 0.421 e. The average molecular weight is 131 g/mol. The molecule has 0 amide bonds. The molecule has 0 aliphatic carbocycles. The molecule has 0 rings (SSSR count). The molecule has 0 aliphatic rings. The highest BCUT2D eigenvalue weighted by molar-refractivity contribution is 7.12. The molecule has 0 atom stereocenters. The van der Waals surface area contributed by atoms with Crippen LogP contribution in [0.25, 0.3) is 0 Å². The molecule has 1 nitrogen and oxygen atoms in total. The quantitative estimate of drug-likeness (QED) is 0.506. The van der Waals surface area contributed by atoms with E-state index in [1.54, 1.807) is 0 Å². The zero-order valence-electron chi connectivity index (χ0n) is 5.12. The molecule has 7 heavy (non-hydrogen) atoms. The second kappa shape index (κ2) is 2.64. The molecular weight excluding hydrogens is 120 g/mol. The summed E-state index contributed by atoms with van der Waals surface area (Å²) in [6.45, 7) is 7.04. The molecular formula is C4H11OSi2. The first kappa shape index (κ1) is 7.39. The first-order chi connectivity index (χ1) is 3.06. The summed E-state index contributed by atoms with van der Waals surface area (Å²) < 4.78 is 5.28. The van der Waals surface area contributed by atoms with Crippen molar-refractivity contribution in [1.29, 1.82) is 0 Å². The van der Waals surface area contributed by atoms with Crippen molar-refractivity contribution in [2.24, 2.45) is 0 Å². The average Bonchev–Trinajstić information content (AvgIpc) is 1.30. The lowest BCUT2D eigenvalue weighted by molar-refractivity contribution is 0.344. The molecule has 0 heterocycles. The van der Waals surface area contributed by atoms with Gasteiger partial charge in [-0.25, -0.2) is 0 Å². The maximum Gasteiger partial charge on any atom is 0.164 e. The van der Waals surface area contributed by atoms with Gasteiger partial charge in [0.05, 0.1) is 0 Å². The van der Waals surface area contributed by atoms with Crippen molar-refractivity contribution < 1.29 is 4.43 Å². The molecule has 0 aromatic rings. The maximum atomic E-state index is 5.28. The van der Waals surface area contributed by atoms with Gasteiger partial charge < -0.3 is 4.43 Å². The Hall–Kier alpha value is 0.394. The summed E-state index contributed by atoms with van der Waals surface area (Å²) in [5, 5.41) is 0. The Morgan fingerprint density at radius 2 is 2.00 bits per heavy atom. The topological polar surface area (TPSA) is 9.23 Å². The van der Waals surface area contributed by atoms with E-state index in [1.807, 2.05) is 6.92 Å². The third kappa shape index (κ3) is 6.39. The fourth-order valence-electron chi connectivity index (χ4n) is 0.361. The predicted molar refractivity (Wildman–Crippen MR) is 34.9 cm³/mol. The zero-order valence-corrected chi connectivity index (χ0v) is 7.12. The van der Waals surface area contributed by atoms with Crippen LogP contribution in [0.2, 0.25) is 13.1 Å². The van der Waals surface area contributed by atoms with Gasteiger partial charge in [0, 0.05) is 16.4 Å². The van der Waals surface area contributed by atoms with E-state index in [0.717, 1.165) is 6.61 Å². The minimum atomic E-state index is -1.35. The molecule has 0 aromatic carbocycles. The Kier molecular flexibility index (Phi) is 2.79. The first-order valence-corrected chi connectivity index (χ1v) is 6.86. The Morgan fingerprint density at radius 1 is 1.57 bits per heavy atom. The lowest BCUT2D eigenvalue weighted by Crippen LogP contribution is -2.30. The van der Waals surface area contributed by atoms with Gasteiger partial charge in [0.1, 0.15) is 0 Å². The van der Waals surface area contributed by atoms with Crippen LogP contribution in [0, 0.1) is 0 Å². The van der Waals surface area contributed by atoms with Crippen LogP contribution in [0.3, 0.4) is 0 Å².